The topological polar surface area (TPSA) is 0 Å². The summed E-state index contributed by atoms with van der Waals surface area (Å²) >= 11 is 0. The van der Waals surface area contributed by atoms with E-state index < -0.39 is 7.92 Å². The molecule has 8 rings (SSSR count). The van der Waals surface area contributed by atoms with E-state index in [0.29, 0.717) is 0 Å². The van der Waals surface area contributed by atoms with Gasteiger partial charge in [-0.3, -0.25) is 0 Å². The molecular formula is C49H43P. The van der Waals surface area contributed by atoms with Crippen molar-refractivity contribution in [1.29, 1.82) is 0 Å². The van der Waals surface area contributed by atoms with Gasteiger partial charge >= 0.3 is 0 Å². The Morgan fingerprint density at radius 2 is 1.02 bits per heavy atom. The normalized spacial score (nSPS) is 15.7. The first kappa shape index (κ1) is 32.2. The van der Waals surface area contributed by atoms with Gasteiger partial charge in [-0.25, -0.2) is 0 Å². The summed E-state index contributed by atoms with van der Waals surface area (Å²) in [5.41, 5.74) is 15.7. The van der Waals surface area contributed by atoms with Crippen LogP contribution in [0.3, 0.4) is 0 Å². The molecule has 0 bridgehead atoms. The Labute approximate surface area is 299 Å². The maximum Gasteiger partial charge on any atom is 0.0159 e. The summed E-state index contributed by atoms with van der Waals surface area (Å²) in [6.45, 7) is 15.7. The Kier molecular flexibility index (Phi) is 7.97. The first-order valence-electron chi connectivity index (χ1n) is 17.7. The van der Waals surface area contributed by atoms with E-state index in [-0.39, 0.29) is 10.8 Å². The molecule has 0 aliphatic heterocycles. The standard InChI is InChI=1S/C49H43P/c1-7-9-16-33(8-2)35-21-25-40-42-27-23-38(31-46(42)48(3,4)44(40)29-35)50(37-19-14-11-15-20-37)39-24-28-43-41-26-22-36(34-17-12-10-13-18-34)30-45(41)49(5,6)47(43)32-39/h7-32H,2H2,1,3-6H3/b9-7-,33-16+. The first-order valence-corrected chi connectivity index (χ1v) is 19.0. The zero-order valence-electron chi connectivity index (χ0n) is 29.7. The van der Waals surface area contributed by atoms with Gasteiger partial charge in [0.05, 0.1) is 0 Å². The minimum absolute atomic E-state index is 0.103. The molecule has 1 atom stereocenters. The summed E-state index contributed by atoms with van der Waals surface area (Å²) in [5.74, 6) is 0. The fourth-order valence-electron chi connectivity index (χ4n) is 8.23. The summed E-state index contributed by atoms with van der Waals surface area (Å²) in [6.07, 6.45) is 8.25. The van der Waals surface area contributed by atoms with Crippen molar-refractivity contribution >= 4 is 29.4 Å². The smallest absolute Gasteiger partial charge is 0.0159 e. The highest BCUT2D eigenvalue weighted by Gasteiger charge is 2.38. The Bertz CT molecular complexity index is 2330. The van der Waals surface area contributed by atoms with Crippen LogP contribution in [0.15, 0.2) is 164 Å². The molecule has 2 aliphatic carbocycles. The van der Waals surface area contributed by atoms with Crippen LogP contribution < -0.4 is 15.9 Å². The average Bonchev–Trinajstić information content (AvgIpc) is 3.51. The van der Waals surface area contributed by atoms with E-state index in [0.717, 1.165) is 5.57 Å². The largest absolute Gasteiger partial charge is 0.0984 e. The molecule has 2 aliphatic rings. The molecule has 1 unspecified atom stereocenters. The molecule has 6 aromatic carbocycles. The number of rotatable bonds is 7. The van der Waals surface area contributed by atoms with Gasteiger partial charge in [0.25, 0.3) is 0 Å². The van der Waals surface area contributed by atoms with Gasteiger partial charge < -0.3 is 0 Å². The Morgan fingerprint density at radius 1 is 0.520 bits per heavy atom. The lowest BCUT2D eigenvalue weighted by Gasteiger charge is -2.26. The number of allylic oxidation sites excluding steroid dienone is 5. The van der Waals surface area contributed by atoms with Crippen LogP contribution in [0, 0.1) is 0 Å². The molecule has 0 amide bonds. The van der Waals surface area contributed by atoms with Crippen molar-refractivity contribution in [2.45, 2.75) is 45.4 Å². The fraction of sp³-hybridized carbons (Fsp3) is 0.143. The molecule has 244 valence electrons. The molecule has 0 saturated heterocycles. The number of hydrogen-bond donors (Lipinski definition) is 0. The van der Waals surface area contributed by atoms with E-state index >= 15 is 0 Å². The third-order valence-electron chi connectivity index (χ3n) is 11.0. The number of benzene rings is 6. The highest BCUT2D eigenvalue weighted by Crippen LogP contribution is 2.52. The molecule has 0 saturated carbocycles. The van der Waals surface area contributed by atoms with Crippen molar-refractivity contribution in [1.82, 2.24) is 0 Å². The minimum atomic E-state index is -0.792. The fourth-order valence-corrected chi connectivity index (χ4v) is 10.6. The van der Waals surface area contributed by atoms with Crippen molar-refractivity contribution in [3.63, 3.8) is 0 Å². The lowest BCUT2D eigenvalue weighted by Crippen LogP contribution is -2.24. The third kappa shape index (κ3) is 5.17. The zero-order chi connectivity index (χ0) is 34.6. The van der Waals surface area contributed by atoms with Crippen LogP contribution in [-0.4, -0.2) is 0 Å². The summed E-state index contributed by atoms with van der Waals surface area (Å²) in [4.78, 5) is 0. The van der Waals surface area contributed by atoms with Gasteiger partial charge in [-0.05, 0) is 122 Å². The van der Waals surface area contributed by atoms with Crippen LogP contribution in [0.25, 0.3) is 39.0 Å². The van der Waals surface area contributed by atoms with Crippen LogP contribution in [0.2, 0.25) is 0 Å². The Morgan fingerprint density at radius 3 is 1.58 bits per heavy atom. The van der Waals surface area contributed by atoms with E-state index in [2.05, 4.69) is 186 Å². The van der Waals surface area contributed by atoms with Crippen LogP contribution in [0.1, 0.15) is 62.4 Å². The molecular weight excluding hydrogens is 620 g/mol. The van der Waals surface area contributed by atoms with Gasteiger partial charge in [0.1, 0.15) is 0 Å². The molecule has 0 aromatic heterocycles. The van der Waals surface area contributed by atoms with E-state index in [1.165, 1.54) is 77.1 Å². The van der Waals surface area contributed by atoms with Gasteiger partial charge in [0.15, 0.2) is 0 Å². The first-order chi connectivity index (χ1) is 24.2. The molecule has 0 heterocycles. The average molecular weight is 663 g/mol. The zero-order valence-corrected chi connectivity index (χ0v) is 30.6. The quantitative estimate of drug-likeness (QED) is 0.118. The molecule has 0 N–H and O–H groups in total. The second kappa shape index (κ2) is 12.4. The van der Waals surface area contributed by atoms with Crippen molar-refractivity contribution in [2.24, 2.45) is 0 Å². The Balaban J connectivity index is 1.22. The molecule has 0 radical (unpaired) electrons. The van der Waals surface area contributed by atoms with Crippen molar-refractivity contribution < 1.29 is 0 Å². The Hall–Kier alpha value is -5.03. The molecule has 0 fully saturated rings. The van der Waals surface area contributed by atoms with Crippen molar-refractivity contribution in [2.75, 3.05) is 0 Å². The second-order valence-electron chi connectivity index (χ2n) is 14.6. The van der Waals surface area contributed by atoms with Crippen LogP contribution >= 0.6 is 7.92 Å². The lowest BCUT2D eigenvalue weighted by atomic mass is 9.81. The predicted octanol–water partition coefficient (Wildman–Crippen LogP) is 11.9. The highest BCUT2D eigenvalue weighted by atomic mass is 31.1. The van der Waals surface area contributed by atoms with E-state index in [1.807, 2.05) is 13.0 Å². The van der Waals surface area contributed by atoms with Crippen LogP contribution in [0.5, 0.6) is 0 Å². The summed E-state index contributed by atoms with van der Waals surface area (Å²) in [7, 11) is -0.792. The van der Waals surface area contributed by atoms with E-state index in [1.54, 1.807) is 0 Å². The van der Waals surface area contributed by atoms with Crippen LogP contribution in [0.4, 0.5) is 0 Å². The van der Waals surface area contributed by atoms with E-state index in [4.69, 9.17) is 0 Å². The lowest BCUT2D eigenvalue weighted by molar-refractivity contribution is 0.660. The van der Waals surface area contributed by atoms with Gasteiger partial charge in [0.2, 0.25) is 0 Å². The molecule has 6 aromatic rings. The maximum absolute atomic E-state index is 4.11. The second-order valence-corrected chi connectivity index (χ2v) is 16.8. The number of hydrogen-bond acceptors (Lipinski definition) is 0. The molecule has 0 nitrogen and oxygen atoms in total. The monoisotopic (exact) mass is 662 g/mol. The van der Waals surface area contributed by atoms with Crippen LogP contribution in [-0.2, 0) is 10.8 Å². The van der Waals surface area contributed by atoms with Crippen molar-refractivity contribution in [3.8, 4) is 33.4 Å². The summed E-state index contributed by atoms with van der Waals surface area (Å²) < 4.78 is 0. The van der Waals surface area contributed by atoms with Gasteiger partial charge in [-0.2, -0.15) is 0 Å². The van der Waals surface area contributed by atoms with Gasteiger partial charge in [-0.15, -0.1) is 0 Å². The molecule has 1 heteroatoms. The third-order valence-corrected chi connectivity index (χ3v) is 13.4. The van der Waals surface area contributed by atoms with E-state index in [9.17, 15) is 0 Å². The van der Waals surface area contributed by atoms with Gasteiger partial charge in [-0.1, -0.05) is 168 Å². The summed E-state index contributed by atoms with van der Waals surface area (Å²) in [5, 5.41) is 4.17. The highest BCUT2D eigenvalue weighted by molar-refractivity contribution is 7.79. The minimum Gasteiger partial charge on any atom is -0.0984 e. The van der Waals surface area contributed by atoms with Gasteiger partial charge in [0, 0.05) is 10.8 Å². The molecule has 50 heavy (non-hydrogen) atoms. The van der Waals surface area contributed by atoms with Crippen molar-refractivity contribution in [3.05, 3.63) is 192 Å². The summed E-state index contributed by atoms with van der Waals surface area (Å²) in [6, 6.07) is 50.5. The predicted molar refractivity (Wildman–Crippen MR) is 219 cm³/mol. The number of fused-ring (bicyclic) bond motifs is 6. The molecule has 0 spiro atoms. The maximum atomic E-state index is 4.11. The SMILES string of the molecule is C=C/C(=C\C=C/C)c1ccc2c(c1)C(C)(C)c1cc(P(c3ccccc3)c3ccc4c(c3)C(C)(C)c3cc(-c5ccccc5)ccc3-4)ccc1-2.